The van der Waals surface area contributed by atoms with Crippen molar-refractivity contribution in [2.75, 3.05) is 0 Å². The fourth-order valence-electron chi connectivity index (χ4n) is 2.80. The van der Waals surface area contributed by atoms with Crippen LogP contribution in [0, 0.1) is 12.7 Å². The van der Waals surface area contributed by atoms with Crippen LogP contribution in [-0.2, 0) is 6.54 Å². The van der Waals surface area contributed by atoms with Gasteiger partial charge < -0.3 is 0 Å². The summed E-state index contributed by atoms with van der Waals surface area (Å²) >= 11 is 13.5. The maximum atomic E-state index is 14.2. The molecule has 136 valence electrons. The van der Waals surface area contributed by atoms with E-state index in [0.717, 1.165) is 10.6 Å². The van der Waals surface area contributed by atoms with Gasteiger partial charge in [0.25, 0.3) is 5.56 Å². The van der Waals surface area contributed by atoms with Crippen molar-refractivity contribution in [1.82, 2.24) is 14.8 Å². The van der Waals surface area contributed by atoms with Crippen LogP contribution in [0.3, 0.4) is 0 Å². The minimum absolute atomic E-state index is 0.0859. The molecule has 4 aromatic rings. The van der Waals surface area contributed by atoms with Crippen LogP contribution in [0.25, 0.3) is 21.5 Å². The normalized spacial score (nSPS) is 11.3. The third-order valence-corrected chi connectivity index (χ3v) is 5.68. The van der Waals surface area contributed by atoms with Crippen LogP contribution < -0.4 is 5.56 Å². The van der Waals surface area contributed by atoms with E-state index >= 15 is 0 Å². The van der Waals surface area contributed by atoms with E-state index in [9.17, 15) is 9.18 Å². The Balaban J connectivity index is 1.95. The van der Waals surface area contributed by atoms with Gasteiger partial charge in [0, 0.05) is 21.2 Å². The summed E-state index contributed by atoms with van der Waals surface area (Å²) in [5.41, 5.74) is 1.53. The van der Waals surface area contributed by atoms with E-state index in [4.69, 9.17) is 23.2 Å². The zero-order valence-corrected chi connectivity index (χ0v) is 16.4. The molecule has 0 spiro atoms. The molecule has 27 heavy (non-hydrogen) atoms. The van der Waals surface area contributed by atoms with Crippen LogP contribution >= 0.6 is 34.5 Å². The third kappa shape index (κ3) is 3.36. The summed E-state index contributed by atoms with van der Waals surface area (Å²) in [6, 6.07) is 11.6. The second kappa shape index (κ2) is 7.03. The molecule has 0 saturated heterocycles. The Kier molecular flexibility index (Phi) is 4.72. The molecule has 8 heteroatoms. The second-order valence-corrected chi connectivity index (χ2v) is 7.98. The number of aryl methyl sites for hydroxylation is 1. The molecule has 0 bridgehead atoms. The van der Waals surface area contributed by atoms with Crippen molar-refractivity contribution >= 4 is 44.8 Å². The number of hydrogen-bond acceptors (Lipinski definition) is 4. The predicted molar refractivity (Wildman–Crippen MR) is 107 cm³/mol. The Morgan fingerprint density at radius 2 is 1.89 bits per heavy atom. The SMILES string of the molecule is Cc1nc2c(=O)n(Cc3c(F)cccc3Cl)nc(-c3ccc(Cl)cc3)c2s1. The van der Waals surface area contributed by atoms with Crippen LogP contribution in [0.4, 0.5) is 4.39 Å². The maximum Gasteiger partial charge on any atom is 0.294 e. The van der Waals surface area contributed by atoms with Gasteiger partial charge in [-0.25, -0.2) is 14.1 Å². The number of fused-ring (bicyclic) bond motifs is 1. The molecule has 2 heterocycles. The number of hydrogen-bond donors (Lipinski definition) is 0. The average molecular weight is 420 g/mol. The third-order valence-electron chi connectivity index (χ3n) is 4.09. The maximum absolute atomic E-state index is 14.2. The van der Waals surface area contributed by atoms with Crippen LogP contribution in [0.15, 0.2) is 47.3 Å². The van der Waals surface area contributed by atoms with Crippen molar-refractivity contribution in [2.24, 2.45) is 0 Å². The lowest BCUT2D eigenvalue weighted by Crippen LogP contribution is -2.25. The molecule has 0 N–H and O–H groups in total. The molecular weight excluding hydrogens is 408 g/mol. The number of thiazole rings is 1. The topological polar surface area (TPSA) is 47.8 Å². The summed E-state index contributed by atoms with van der Waals surface area (Å²) in [7, 11) is 0. The van der Waals surface area contributed by atoms with Gasteiger partial charge in [0.2, 0.25) is 0 Å². The molecule has 0 aliphatic heterocycles. The van der Waals surface area contributed by atoms with E-state index in [1.807, 2.05) is 19.1 Å². The quantitative estimate of drug-likeness (QED) is 0.451. The number of benzene rings is 2. The van der Waals surface area contributed by atoms with Gasteiger partial charge in [0.05, 0.1) is 16.3 Å². The van der Waals surface area contributed by atoms with Gasteiger partial charge in [-0.3, -0.25) is 4.79 Å². The number of halogens is 3. The minimum Gasteiger partial charge on any atom is -0.265 e. The molecule has 0 radical (unpaired) electrons. The number of nitrogens with zero attached hydrogens (tertiary/aromatic N) is 3. The zero-order chi connectivity index (χ0) is 19.1. The van der Waals surface area contributed by atoms with Crippen LogP contribution in [0.5, 0.6) is 0 Å². The lowest BCUT2D eigenvalue weighted by atomic mass is 10.1. The van der Waals surface area contributed by atoms with E-state index in [2.05, 4.69) is 10.1 Å². The first kappa shape index (κ1) is 18.1. The summed E-state index contributed by atoms with van der Waals surface area (Å²) in [6.45, 7) is 1.74. The first-order chi connectivity index (χ1) is 12.9. The first-order valence-electron chi connectivity index (χ1n) is 8.01. The standard InChI is InChI=1S/C19H12Cl2FN3OS/c1-10-23-17-18(27-10)16(11-5-7-12(20)8-6-11)24-25(19(17)26)9-13-14(21)3-2-4-15(13)22/h2-8H,9H2,1H3. The van der Waals surface area contributed by atoms with Gasteiger partial charge in [-0.1, -0.05) is 41.4 Å². The Morgan fingerprint density at radius 3 is 2.59 bits per heavy atom. The molecule has 0 unspecified atom stereocenters. The highest BCUT2D eigenvalue weighted by Crippen LogP contribution is 2.30. The Hall–Kier alpha value is -2.28. The average Bonchev–Trinajstić information content (AvgIpc) is 3.03. The van der Waals surface area contributed by atoms with Gasteiger partial charge in [-0.2, -0.15) is 5.10 Å². The lowest BCUT2D eigenvalue weighted by molar-refractivity contribution is 0.576. The van der Waals surface area contributed by atoms with Crippen molar-refractivity contribution in [3.8, 4) is 11.3 Å². The fraction of sp³-hybridized carbons (Fsp3) is 0.105. The molecule has 0 amide bonds. The molecule has 0 aliphatic rings. The highest BCUT2D eigenvalue weighted by atomic mass is 35.5. The largest absolute Gasteiger partial charge is 0.294 e. The Bertz CT molecular complexity index is 1200. The summed E-state index contributed by atoms with van der Waals surface area (Å²) in [5, 5.41) is 6.09. The lowest BCUT2D eigenvalue weighted by Gasteiger charge is -2.10. The van der Waals surface area contributed by atoms with Gasteiger partial charge in [0.15, 0.2) is 5.52 Å². The van der Waals surface area contributed by atoms with Gasteiger partial charge in [-0.05, 0) is 31.2 Å². The molecule has 0 fully saturated rings. The number of rotatable bonds is 3. The van der Waals surface area contributed by atoms with Crippen molar-refractivity contribution < 1.29 is 4.39 Å². The zero-order valence-electron chi connectivity index (χ0n) is 14.0. The molecule has 2 aromatic heterocycles. The Labute approximate surface area is 167 Å². The van der Waals surface area contributed by atoms with Crippen molar-refractivity contribution in [3.63, 3.8) is 0 Å². The molecule has 4 rings (SSSR count). The highest BCUT2D eigenvalue weighted by Gasteiger charge is 2.18. The summed E-state index contributed by atoms with van der Waals surface area (Å²) in [5.74, 6) is -0.487. The smallest absolute Gasteiger partial charge is 0.265 e. The molecule has 4 nitrogen and oxygen atoms in total. The summed E-state index contributed by atoms with van der Waals surface area (Å²) in [6.07, 6.45) is 0. The van der Waals surface area contributed by atoms with Gasteiger partial charge in [-0.15, -0.1) is 11.3 Å². The molecular formula is C19H12Cl2FN3OS. The highest BCUT2D eigenvalue weighted by molar-refractivity contribution is 7.19. The van der Waals surface area contributed by atoms with E-state index in [-0.39, 0.29) is 22.7 Å². The van der Waals surface area contributed by atoms with E-state index in [1.165, 1.54) is 28.2 Å². The van der Waals surface area contributed by atoms with Crippen LogP contribution in [-0.4, -0.2) is 14.8 Å². The van der Waals surface area contributed by atoms with Gasteiger partial charge in [0.1, 0.15) is 11.5 Å². The second-order valence-electron chi connectivity index (χ2n) is 5.93. The first-order valence-corrected chi connectivity index (χ1v) is 9.58. The van der Waals surface area contributed by atoms with Crippen LogP contribution in [0.2, 0.25) is 10.0 Å². The molecule has 0 atom stereocenters. The summed E-state index contributed by atoms with van der Waals surface area (Å²) in [4.78, 5) is 17.2. The molecule has 0 saturated carbocycles. The van der Waals surface area contributed by atoms with Crippen molar-refractivity contribution in [1.29, 1.82) is 0 Å². The fourth-order valence-corrected chi connectivity index (χ4v) is 4.07. The van der Waals surface area contributed by atoms with Gasteiger partial charge >= 0.3 is 0 Å². The monoisotopic (exact) mass is 419 g/mol. The Morgan fingerprint density at radius 1 is 1.15 bits per heavy atom. The number of aromatic nitrogens is 3. The van der Waals surface area contributed by atoms with E-state index in [0.29, 0.717) is 20.9 Å². The van der Waals surface area contributed by atoms with Crippen molar-refractivity contribution in [3.05, 3.63) is 79.3 Å². The summed E-state index contributed by atoms with van der Waals surface area (Å²) < 4.78 is 16.1. The molecule has 0 aliphatic carbocycles. The van der Waals surface area contributed by atoms with E-state index < -0.39 is 5.82 Å². The van der Waals surface area contributed by atoms with E-state index in [1.54, 1.807) is 18.2 Å². The molecule has 2 aromatic carbocycles. The predicted octanol–water partition coefficient (Wildman–Crippen LogP) is 5.32. The minimum atomic E-state index is -0.487. The van der Waals surface area contributed by atoms with Crippen LogP contribution in [0.1, 0.15) is 10.6 Å². The van der Waals surface area contributed by atoms with Crippen molar-refractivity contribution in [2.45, 2.75) is 13.5 Å².